The highest BCUT2D eigenvalue weighted by Gasteiger charge is 2.22. The second kappa shape index (κ2) is 23.0. The SMILES string of the molecule is C=CCOC(=O)NC[C@@H](O)CN(C[C@H](O)CNC(=O)OCC=C)C[C@H](O)CNC(=O)[C@@H](N)CCCCNC(=O)OC(C)(C)C. The first-order valence-corrected chi connectivity index (χ1v) is 14.5. The summed E-state index contributed by atoms with van der Waals surface area (Å²) in [5.74, 6) is -0.472. The molecule has 0 rings (SSSR count). The lowest BCUT2D eigenvalue weighted by molar-refractivity contribution is -0.123. The summed E-state index contributed by atoms with van der Waals surface area (Å²) in [5.41, 5.74) is 5.36. The van der Waals surface area contributed by atoms with Crippen LogP contribution in [0.1, 0.15) is 40.0 Å². The molecule has 44 heavy (non-hydrogen) atoms. The van der Waals surface area contributed by atoms with Crippen LogP contribution in [0.5, 0.6) is 0 Å². The van der Waals surface area contributed by atoms with Crippen molar-refractivity contribution in [3.63, 3.8) is 0 Å². The van der Waals surface area contributed by atoms with Gasteiger partial charge >= 0.3 is 18.3 Å². The predicted molar refractivity (Wildman–Crippen MR) is 163 cm³/mol. The molecule has 16 heteroatoms. The van der Waals surface area contributed by atoms with E-state index in [1.807, 2.05) is 0 Å². The lowest BCUT2D eigenvalue weighted by atomic mass is 10.1. The highest BCUT2D eigenvalue weighted by Crippen LogP contribution is 2.07. The van der Waals surface area contributed by atoms with E-state index in [1.54, 1.807) is 20.8 Å². The highest BCUT2D eigenvalue weighted by molar-refractivity contribution is 5.81. The van der Waals surface area contributed by atoms with E-state index in [9.17, 15) is 34.5 Å². The summed E-state index contributed by atoms with van der Waals surface area (Å²) in [6.45, 7) is 11.8. The Balaban J connectivity index is 4.77. The minimum absolute atomic E-state index is 0.00461. The molecular formula is C28H52N6O10. The van der Waals surface area contributed by atoms with Gasteiger partial charge in [-0.3, -0.25) is 9.69 Å². The summed E-state index contributed by atoms with van der Waals surface area (Å²) in [4.78, 5) is 48.9. The Labute approximate surface area is 259 Å². The van der Waals surface area contributed by atoms with Gasteiger partial charge in [-0.25, -0.2) is 14.4 Å². The molecule has 0 unspecified atom stereocenters. The van der Waals surface area contributed by atoms with E-state index in [0.717, 1.165) is 0 Å². The van der Waals surface area contributed by atoms with E-state index < -0.39 is 54.1 Å². The monoisotopic (exact) mass is 632 g/mol. The van der Waals surface area contributed by atoms with E-state index in [2.05, 4.69) is 34.4 Å². The number of nitrogens with two attached hydrogens (primary N) is 1. The van der Waals surface area contributed by atoms with Crippen molar-refractivity contribution in [3.8, 4) is 0 Å². The quantitative estimate of drug-likeness (QED) is 0.0422. The van der Waals surface area contributed by atoms with Crippen molar-refractivity contribution in [3.05, 3.63) is 25.3 Å². The van der Waals surface area contributed by atoms with Crippen LogP contribution >= 0.6 is 0 Å². The standard InChI is InChI=1S/C28H52N6O10/c1-6-12-42-25(39)32-15-21(36)18-34(19-22(37)16-33-26(40)43-13-7-2)17-20(35)14-31-24(38)23(29)10-8-9-11-30-27(41)44-28(3,4)5/h6-7,20-23,35-37H,1-2,8-19,29H2,3-5H3,(H,30,41)(H,31,38)(H,32,39)(H,33,40)/t20-,21-,22-,23+/m1/s1. The fourth-order valence-corrected chi connectivity index (χ4v) is 3.56. The number of aliphatic hydroxyl groups is 3. The second-order valence-corrected chi connectivity index (χ2v) is 11.0. The average Bonchev–Trinajstić information content (AvgIpc) is 2.94. The third-order valence-electron chi connectivity index (χ3n) is 5.49. The number of hydrogen-bond acceptors (Lipinski definition) is 12. The van der Waals surface area contributed by atoms with Crippen molar-refractivity contribution in [2.75, 3.05) is 59.0 Å². The molecular weight excluding hydrogens is 580 g/mol. The second-order valence-electron chi connectivity index (χ2n) is 11.0. The predicted octanol–water partition coefficient (Wildman–Crippen LogP) is -0.666. The first-order valence-electron chi connectivity index (χ1n) is 14.5. The number of alkyl carbamates (subject to hydrolysis) is 3. The van der Waals surface area contributed by atoms with E-state index in [-0.39, 0.29) is 52.5 Å². The number of nitrogens with zero attached hydrogens (tertiary/aromatic N) is 1. The van der Waals surface area contributed by atoms with Gasteiger partial charge in [0.05, 0.1) is 24.4 Å². The van der Waals surface area contributed by atoms with E-state index in [0.29, 0.717) is 25.8 Å². The minimum atomic E-state index is -1.11. The van der Waals surface area contributed by atoms with Crippen LogP contribution in [0.15, 0.2) is 25.3 Å². The van der Waals surface area contributed by atoms with E-state index >= 15 is 0 Å². The smallest absolute Gasteiger partial charge is 0.407 e. The summed E-state index contributed by atoms with van der Waals surface area (Å²) >= 11 is 0. The van der Waals surface area contributed by atoms with Crippen LogP contribution in [0.4, 0.5) is 14.4 Å². The minimum Gasteiger partial charge on any atom is -0.445 e. The molecule has 0 aromatic rings. The zero-order chi connectivity index (χ0) is 33.5. The number of carbonyl (C=O) groups is 4. The summed E-state index contributed by atoms with van der Waals surface area (Å²) < 4.78 is 14.7. The molecule has 0 saturated heterocycles. The summed E-state index contributed by atoms with van der Waals surface area (Å²) in [6.07, 6.45) is -1.06. The fraction of sp³-hybridized carbons (Fsp3) is 0.714. The van der Waals surface area contributed by atoms with Crippen LogP contribution in [-0.4, -0.2) is 133 Å². The number of ether oxygens (including phenoxy) is 3. The molecule has 0 aliphatic heterocycles. The number of unbranched alkanes of at least 4 members (excludes halogenated alkanes) is 1. The van der Waals surface area contributed by atoms with Crippen molar-refractivity contribution in [1.82, 2.24) is 26.2 Å². The molecule has 16 nitrogen and oxygen atoms in total. The van der Waals surface area contributed by atoms with Gasteiger partial charge in [0, 0.05) is 45.8 Å². The molecule has 0 spiro atoms. The van der Waals surface area contributed by atoms with Gasteiger partial charge < -0.3 is 56.5 Å². The molecule has 0 fully saturated rings. The Morgan fingerprint density at radius 2 is 1.23 bits per heavy atom. The summed E-state index contributed by atoms with van der Waals surface area (Å²) in [7, 11) is 0. The third-order valence-corrected chi connectivity index (χ3v) is 5.49. The number of amides is 4. The molecule has 0 aliphatic carbocycles. The van der Waals surface area contributed by atoms with Gasteiger partial charge in [-0.1, -0.05) is 25.3 Å². The first kappa shape index (κ1) is 40.6. The molecule has 9 N–H and O–H groups in total. The number of carbonyl (C=O) groups excluding carboxylic acids is 4. The maximum Gasteiger partial charge on any atom is 0.407 e. The van der Waals surface area contributed by atoms with Gasteiger partial charge in [0.25, 0.3) is 0 Å². The highest BCUT2D eigenvalue weighted by atomic mass is 16.6. The lowest BCUT2D eigenvalue weighted by Crippen LogP contribution is -2.50. The van der Waals surface area contributed by atoms with Gasteiger partial charge in [0.1, 0.15) is 18.8 Å². The largest absolute Gasteiger partial charge is 0.445 e. The van der Waals surface area contributed by atoms with Gasteiger partial charge in [0.15, 0.2) is 0 Å². The maximum absolute atomic E-state index is 12.4. The van der Waals surface area contributed by atoms with Crippen molar-refractivity contribution in [1.29, 1.82) is 0 Å². The Hall–Kier alpha value is -3.44. The molecule has 0 aliphatic rings. The molecule has 0 saturated carbocycles. The van der Waals surface area contributed by atoms with Crippen LogP contribution in [-0.2, 0) is 19.0 Å². The van der Waals surface area contributed by atoms with Gasteiger partial charge in [-0.05, 0) is 40.0 Å². The molecule has 0 bridgehead atoms. The Morgan fingerprint density at radius 1 is 0.773 bits per heavy atom. The topological polar surface area (TPSA) is 234 Å². The van der Waals surface area contributed by atoms with Crippen molar-refractivity contribution < 1.29 is 48.7 Å². The molecule has 0 heterocycles. The molecule has 4 atom stereocenters. The van der Waals surface area contributed by atoms with Crippen LogP contribution < -0.4 is 27.0 Å². The van der Waals surface area contributed by atoms with Crippen molar-refractivity contribution >= 4 is 24.2 Å². The van der Waals surface area contributed by atoms with Crippen LogP contribution in [0, 0.1) is 0 Å². The normalized spacial score (nSPS) is 13.9. The number of hydrogen-bond donors (Lipinski definition) is 8. The van der Waals surface area contributed by atoms with Crippen molar-refractivity contribution in [2.45, 2.75) is 70.0 Å². The first-order chi connectivity index (χ1) is 20.7. The zero-order valence-electron chi connectivity index (χ0n) is 26.1. The van der Waals surface area contributed by atoms with Crippen LogP contribution in [0.2, 0.25) is 0 Å². The maximum atomic E-state index is 12.4. The van der Waals surface area contributed by atoms with E-state index in [1.165, 1.54) is 17.1 Å². The molecule has 0 radical (unpaired) electrons. The van der Waals surface area contributed by atoms with Crippen LogP contribution in [0.25, 0.3) is 0 Å². The van der Waals surface area contributed by atoms with Gasteiger partial charge in [-0.15, -0.1) is 0 Å². The number of aliphatic hydroxyl groups excluding tert-OH is 3. The lowest BCUT2D eigenvalue weighted by Gasteiger charge is -2.29. The Morgan fingerprint density at radius 3 is 1.66 bits per heavy atom. The Bertz CT molecular complexity index is 849. The third kappa shape index (κ3) is 23.1. The zero-order valence-corrected chi connectivity index (χ0v) is 26.1. The van der Waals surface area contributed by atoms with Crippen LogP contribution in [0.3, 0.4) is 0 Å². The van der Waals surface area contributed by atoms with Gasteiger partial charge in [0.2, 0.25) is 5.91 Å². The van der Waals surface area contributed by atoms with Crippen molar-refractivity contribution in [2.24, 2.45) is 5.73 Å². The van der Waals surface area contributed by atoms with E-state index in [4.69, 9.17) is 19.9 Å². The molecule has 4 amide bonds. The Kier molecular flexibility index (Phi) is 21.2. The number of nitrogens with one attached hydrogen (secondary N) is 4. The summed E-state index contributed by atoms with van der Waals surface area (Å²) in [5, 5.41) is 41.4. The molecule has 0 aromatic carbocycles. The number of rotatable bonds is 22. The fourth-order valence-electron chi connectivity index (χ4n) is 3.56. The van der Waals surface area contributed by atoms with Gasteiger partial charge in [-0.2, -0.15) is 0 Å². The summed E-state index contributed by atoms with van der Waals surface area (Å²) in [6, 6.07) is -0.831. The molecule has 254 valence electrons. The average molecular weight is 633 g/mol. The molecule has 0 aromatic heterocycles.